The minimum absolute atomic E-state index is 0.0218. The number of cyclic esters (lactones) is 1. The van der Waals surface area contributed by atoms with E-state index in [0.717, 1.165) is 11.3 Å². The number of nitrogens with zero attached hydrogens (tertiary/aromatic N) is 6. The Morgan fingerprint density at radius 1 is 1.00 bits per heavy atom. The van der Waals surface area contributed by atoms with Gasteiger partial charge in [0.1, 0.15) is 30.0 Å². The number of esters is 1. The van der Waals surface area contributed by atoms with Crippen LogP contribution in [0.5, 0.6) is 0 Å². The third-order valence-electron chi connectivity index (χ3n) is 15.6. The van der Waals surface area contributed by atoms with Crippen LogP contribution in [-0.4, -0.2) is 186 Å². The van der Waals surface area contributed by atoms with Gasteiger partial charge in [-0.2, -0.15) is 0 Å². The van der Waals surface area contributed by atoms with Crippen LogP contribution in [0.2, 0.25) is 0 Å². The number of carbonyl (C=O) groups excluding carboxylic acids is 1. The first kappa shape index (κ1) is 57.6. The summed E-state index contributed by atoms with van der Waals surface area (Å²) < 4.78 is 40.0. The summed E-state index contributed by atoms with van der Waals surface area (Å²) in [5, 5.41) is 79.5. The number of nitro benzene ring substituents is 1. The number of hydrogen-bond donors (Lipinski definition) is 5. The standard InChI is InChI=1S/C50H84N6O14/c1-15-39-50(11,62)43(58)33(7)54(13)25-28(2)23-48(9,61)45(31(5)42(32(6)46(60)68-39)69-40-24-49(10,65-14)44(59)34(8)67-40)70-47-41(57)38(22-30(4)66-47)53(12)21-20-36-27-55(52-51-36)26-29(3)35-16-18-37(19-17-35)56(63)64/h16-19,27-34,38-45,47,57-59,61-62H,15,20-26H2,1-14H3/t28-,29?,30-,31+,32-,33-,34+,38+,39-,40+,41-,42+,43-,44+,45-,47+,48-,49-,50-/m1/s1. The largest absolute Gasteiger partial charge is 0.459 e. The van der Waals surface area contributed by atoms with E-state index in [-0.39, 0.29) is 42.9 Å². The van der Waals surface area contributed by atoms with Gasteiger partial charge in [0, 0.05) is 81.8 Å². The van der Waals surface area contributed by atoms with Gasteiger partial charge in [0.2, 0.25) is 0 Å². The number of nitro groups is 1. The van der Waals surface area contributed by atoms with E-state index in [1.54, 1.807) is 65.3 Å². The number of rotatable bonds is 14. The third-order valence-corrected chi connectivity index (χ3v) is 15.6. The van der Waals surface area contributed by atoms with E-state index in [4.69, 9.17) is 28.4 Å². The van der Waals surface area contributed by atoms with Crippen LogP contribution in [-0.2, 0) is 46.2 Å². The lowest BCUT2D eigenvalue weighted by Gasteiger charge is -2.49. The molecule has 1 aromatic heterocycles. The zero-order chi connectivity index (χ0) is 52.2. The highest BCUT2D eigenvalue weighted by Gasteiger charge is 2.53. The number of methoxy groups -OCH3 is 1. The monoisotopic (exact) mass is 993 g/mol. The molecule has 20 nitrogen and oxygen atoms in total. The van der Waals surface area contributed by atoms with Crippen LogP contribution in [0, 0.1) is 27.9 Å². The lowest BCUT2D eigenvalue weighted by molar-refractivity contribution is -0.384. The van der Waals surface area contributed by atoms with E-state index in [1.165, 1.54) is 26.2 Å². The average Bonchev–Trinajstić information content (AvgIpc) is 3.75. The van der Waals surface area contributed by atoms with Crippen molar-refractivity contribution in [1.82, 2.24) is 24.8 Å². The van der Waals surface area contributed by atoms with Gasteiger partial charge in [-0.25, -0.2) is 0 Å². The Bertz CT molecular complexity index is 1990. The lowest BCUT2D eigenvalue weighted by atomic mass is 9.77. The summed E-state index contributed by atoms with van der Waals surface area (Å²) in [6.07, 6.45) is -6.81. The zero-order valence-corrected chi connectivity index (χ0v) is 43.9. The molecule has 0 spiro atoms. The van der Waals surface area contributed by atoms with E-state index in [0.29, 0.717) is 32.5 Å². The Morgan fingerprint density at radius 3 is 2.27 bits per heavy atom. The molecule has 3 aliphatic rings. The molecule has 2 aromatic rings. The van der Waals surface area contributed by atoms with E-state index in [1.807, 2.05) is 50.9 Å². The van der Waals surface area contributed by atoms with Crippen molar-refractivity contribution in [2.45, 2.75) is 211 Å². The molecule has 398 valence electrons. The van der Waals surface area contributed by atoms with Crippen molar-refractivity contribution in [3.63, 3.8) is 0 Å². The SMILES string of the molecule is CC[C@H]1OC(=O)[C@H](C)[C@@H](O[C@H]2C[C@@](C)(OC)[C@@H](O)[C@H](C)O2)[C@H](C)[C@@H](O[C@@H]2O[C@H](C)C[C@H](N(C)CCc3cn(CC(C)c4ccc([N+](=O)[O-])cc4)nn3)[C@H]2O)[C@](C)(O)C[C@@H](C)CN(C)[C@H](C)[C@@H](O)[C@]1(C)O. The van der Waals surface area contributed by atoms with Crippen molar-refractivity contribution < 1.29 is 63.7 Å². The molecule has 5 rings (SSSR count). The van der Waals surface area contributed by atoms with Crippen molar-refractivity contribution in [2.75, 3.05) is 34.3 Å². The van der Waals surface area contributed by atoms with Crippen molar-refractivity contribution in [1.29, 1.82) is 0 Å². The summed E-state index contributed by atoms with van der Waals surface area (Å²) in [5.74, 6) is -2.80. The summed E-state index contributed by atoms with van der Waals surface area (Å²) in [7, 11) is 5.24. The van der Waals surface area contributed by atoms with E-state index < -0.39 is 107 Å². The van der Waals surface area contributed by atoms with Gasteiger partial charge in [0.05, 0.1) is 52.2 Å². The van der Waals surface area contributed by atoms with Gasteiger partial charge < -0.3 is 63.8 Å². The molecule has 19 atom stereocenters. The van der Waals surface area contributed by atoms with Crippen LogP contribution in [0.3, 0.4) is 0 Å². The molecule has 20 heteroatoms. The van der Waals surface area contributed by atoms with Crippen LogP contribution in [0.1, 0.15) is 119 Å². The minimum Gasteiger partial charge on any atom is -0.459 e. The predicted octanol–water partition coefficient (Wildman–Crippen LogP) is 3.82. The molecule has 0 radical (unpaired) electrons. The fourth-order valence-electron chi connectivity index (χ4n) is 11.0. The molecule has 0 aliphatic carbocycles. The first-order valence-electron chi connectivity index (χ1n) is 25.0. The molecule has 0 bridgehead atoms. The molecule has 5 N–H and O–H groups in total. The molecule has 4 heterocycles. The van der Waals surface area contributed by atoms with Gasteiger partial charge in [-0.15, -0.1) is 5.10 Å². The fraction of sp³-hybridized carbons (Fsp3) is 0.820. The molecule has 0 saturated carbocycles. The lowest BCUT2D eigenvalue weighted by Crippen LogP contribution is -2.61. The first-order valence-corrected chi connectivity index (χ1v) is 25.0. The van der Waals surface area contributed by atoms with Crippen molar-refractivity contribution >= 4 is 11.7 Å². The highest BCUT2D eigenvalue weighted by molar-refractivity contribution is 5.73. The number of aromatic nitrogens is 3. The smallest absolute Gasteiger partial charge is 0.311 e. The molecular formula is C50H84N6O14. The van der Waals surface area contributed by atoms with Gasteiger partial charge in [-0.05, 0) is 93.3 Å². The van der Waals surface area contributed by atoms with Gasteiger partial charge in [0.25, 0.3) is 5.69 Å². The van der Waals surface area contributed by atoms with Crippen molar-refractivity contribution in [3.05, 3.63) is 51.8 Å². The summed E-state index contributed by atoms with van der Waals surface area (Å²) >= 11 is 0. The van der Waals surface area contributed by atoms with Crippen molar-refractivity contribution in [3.8, 4) is 0 Å². The number of aliphatic hydroxyl groups excluding tert-OH is 3. The fourth-order valence-corrected chi connectivity index (χ4v) is 11.0. The molecule has 1 unspecified atom stereocenters. The molecular weight excluding hydrogens is 909 g/mol. The quantitative estimate of drug-likeness (QED) is 0.102. The van der Waals surface area contributed by atoms with Gasteiger partial charge in [-0.3, -0.25) is 19.6 Å². The summed E-state index contributed by atoms with van der Waals surface area (Å²) in [5.41, 5.74) is -2.83. The second-order valence-electron chi connectivity index (χ2n) is 21.6. The molecule has 3 aliphatic heterocycles. The van der Waals surface area contributed by atoms with E-state index >= 15 is 0 Å². The van der Waals surface area contributed by atoms with Gasteiger partial charge in [0.15, 0.2) is 12.6 Å². The van der Waals surface area contributed by atoms with E-state index in [2.05, 4.69) is 10.3 Å². The Morgan fingerprint density at radius 2 is 1.66 bits per heavy atom. The number of non-ortho nitro benzene ring substituents is 1. The Balaban J connectivity index is 1.43. The zero-order valence-electron chi connectivity index (χ0n) is 43.9. The molecule has 3 fully saturated rings. The van der Waals surface area contributed by atoms with Crippen molar-refractivity contribution in [2.24, 2.45) is 17.8 Å². The molecule has 70 heavy (non-hydrogen) atoms. The number of aliphatic hydroxyl groups is 5. The molecule has 3 saturated heterocycles. The number of benzene rings is 1. The highest BCUT2D eigenvalue weighted by Crippen LogP contribution is 2.40. The van der Waals surface area contributed by atoms with E-state index in [9.17, 15) is 40.4 Å². The maximum atomic E-state index is 14.5. The second-order valence-corrected chi connectivity index (χ2v) is 21.6. The predicted molar refractivity (Wildman–Crippen MR) is 258 cm³/mol. The number of hydrogen-bond acceptors (Lipinski definition) is 18. The Labute approximate surface area is 414 Å². The van der Waals surface area contributed by atoms with Crippen LogP contribution in [0.25, 0.3) is 0 Å². The second kappa shape index (κ2) is 23.7. The molecule has 1 aromatic carbocycles. The van der Waals surface area contributed by atoms with Crippen LogP contribution in [0.4, 0.5) is 5.69 Å². The average molecular weight is 993 g/mol. The third kappa shape index (κ3) is 13.5. The minimum atomic E-state index is -1.84. The summed E-state index contributed by atoms with van der Waals surface area (Å²) in [6, 6.07) is 5.47. The highest BCUT2D eigenvalue weighted by atomic mass is 16.7. The number of carbonyl (C=O) groups is 1. The first-order chi connectivity index (χ1) is 32.6. The van der Waals surface area contributed by atoms with Crippen LogP contribution >= 0.6 is 0 Å². The van der Waals surface area contributed by atoms with Crippen LogP contribution in [0.15, 0.2) is 30.5 Å². The van der Waals surface area contributed by atoms with Gasteiger partial charge in [-0.1, -0.05) is 45.0 Å². The van der Waals surface area contributed by atoms with Gasteiger partial charge >= 0.3 is 5.97 Å². The normalized spacial score (nSPS) is 40.3. The maximum absolute atomic E-state index is 14.5. The summed E-state index contributed by atoms with van der Waals surface area (Å²) in [4.78, 5) is 29.1. The number of ether oxygens (including phenoxy) is 6. The number of likely N-dealkylation sites (N-methyl/N-ethyl adjacent to an activating group) is 2. The molecule has 0 amide bonds. The topological polar surface area (TPSA) is 254 Å². The summed E-state index contributed by atoms with van der Waals surface area (Å²) in [6.45, 7) is 20.9. The Kier molecular flexibility index (Phi) is 19.6. The maximum Gasteiger partial charge on any atom is 0.311 e. The Hall–Kier alpha value is -3.25. The van der Waals surface area contributed by atoms with Crippen LogP contribution < -0.4 is 0 Å².